The summed E-state index contributed by atoms with van der Waals surface area (Å²) < 4.78 is 48.1. The number of thioether (sulfide) groups is 1. The van der Waals surface area contributed by atoms with Crippen molar-refractivity contribution in [3.05, 3.63) is 84.2 Å². The van der Waals surface area contributed by atoms with E-state index in [0.717, 1.165) is 40.3 Å². The predicted octanol–water partition coefficient (Wildman–Crippen LogP) is 8.09. The van der Waals surface area contributed by atoms with Gasteiger partial charge in [-0.05, 0) is 60.7 Å². The minimum Gasteiger partial charge on any atom is -0.497 e. The molecule has 9 nitrogen and oxygen atoms in total. The number of carbonyl (C=O) groups is 1. The summed E-state index contributed by atoms with van der Waals surface area (Å²) in [5.74, 6) is 2.01. The average Bonchev–Trinajstić information content (AvgIpc) is 3.51. The van der Waals surface area contributed by atoms with Gasteiger partial charge in [-0.15, -0.1) is 18.3 Å². The zero-order chi connectivity index (χ0) is 32.8. The maximum Gasteiger partial charge on any atom is 0.573 e. The number of rotatable bonds is 8. The third-order valence-electron chi connectivity index (χ3n) is 7.29. The molecule has 1 aliphatic rings. The number of nitrogens with zero attached hydrogens (tertiary/aromatic N) is 6. The van der Waals surface area contributed by atoms with Crippen molar-refractivity contribution < 1.29 is 27.4 Å². The quantitative estimate of drug-likeness (QED) is 0.178. The van der Waals surface area contributed by atoms with Gasteiger partial charge in [0.25, 0.3) is 0 Å². The molecule has 46 heavy (non-hydrogen) atoms. The Morgan fingerprint density at radius 3 is 2.48 bits per heavy atom. The molecule has 2 heterocycles. The summed E-state index contributed by atoms with van der Waals surface area (Å²) in [6.45, 7) is 6.40. The number of benzene rings is 3. The number of ether oxygens (including phenoxy) is 2. The Bertz CT molecular complexity index is 1720. The normalized spacial score (nSPS) is 16.4. The summed E-state index contributed by atoms with van der Waals surface area (Å²) in [6.07, 6.45) is -0.351. The summed E-state index contributed by atoms with van der Waals surface area (Å²) >= 11 is 1.54. The smallest absolute Gasteiger partial charge is 0.497 e. The van der Waals surface area contributed by atoms with E-state index in [1.807, 2.05) is 36.4 Å². The molecule has 1 atom stereocenters. The number of alkyl halides is 3. The van der Waals surface area contributed by atoms with Crippen molar-refractivity contribution in [3.8, 4) is 28.6 Å². The Labute approximate surface area is 269 Å². The number of halogens is 3. The Morgan fingerprint density at radius 2 is 1.80 bits per heavy atom. The molecule has 1 fully saturated rings. The fraction of sp³-hybridized carbons (Fsp3) is 0.303. The SMILES string of the molecule is COc1ccc(C(C)C)c(N2C(=NC(=O)N=CCc3ccc(-c4ncn(-c5ccc(OC(F)(F)F)cc5)n4)cc3)SCCC2C)c1. The monoisotopic (exact) mass is 650 g/mol. The molecule has 1 aliphatic heterocycles. The summed E-state index contributed by atoms with van der Waals surface area (Å²) in [5, 5.41) is 5.05. The number of aromatic nitrogens is 3. The van der Waals surface area contributed by atoms with E-state index < -0.39 is 12.4 Å². The van der Waals surface area contributed by atoms with Gasteiger partial charge in [-0.2, -0.15) is 4.99 Å². The number of hydrogen-bond donors (Lipinski definition) is 0. The van der Waals surface area contributed by atoms with Crippen LogP contribution in [0.2, 0.25) is 0 Å². The molecule has 2 amide bonds. The molecule has 1 unspecified atom stereocenters. The summed E-state index contributed by atoms with van der Waals surface area (Å²) in [6, 6.07) is 18.4. The molecule has 240 valence electrons. The Hall–Kier alpha value is -4.65. The lowest BCUT2D eigenvalue weighted by Crippen LogP contribution is -2.42. The van der Waals surface area contributed by atoms with Crippen molar-refractivity contribution in [1.82, 2.24) is 14.8 Å². The Morgan fingerprint density at radius 1 is 1.09 bits per heavy atom. The summed E-state index contributed by atoms with van der Waals surface area (Å²) in [4.78, 5) is 27.7. The molecule has 4 aromatic rings. The molecule has 5 rings (SSSR count). The van der Waals surface area contributed by atoms with Gasteiger partial charge in [-0.1, -0.05) is 55.9 Å². The van der Waals surface area contributed by atoms with Crippen LogP contribution in [0.25, 0.3) is 17.1 Å². The second-order valence-corrected chi connectivity index (χ2v) is 11.9. The van der Waals surface area contributed by atoms with Gasteiger partial charge in [0.1, 0.15) is 17.8 Å². The van der Waals surface area contributed by atoms with Crippen molar-refractivity contribution in [1.29, 1.82) is 0 Å². The number of anilines is 1. The van der Waals surface area contributed by atoms with Crippen LogP contribution in [-0.2, 0) is 6.42 Å². The topological polar surface area (TPSA) is 94.2 Å². The van der Waals surface area contributed by atoms with Crippen LogP contribution in [0.3, 0.4) is 0 Å². The molecule has 0 spiro atoms. The number of methoxy groups -OCH3 is 1. The van der Waals surface area contributed by atoms with Crippen molar-refractivity contribution >= 4 is 34.9 Å². The van der Waals surface area contributed by atoms with Gasteiger partial charge >= 0.3 is 12.4 Å². The van der Waals surface area contributed by atoms with Crippen molar-refractivity contribution in [2.45, 2.75) is 51.9 Å². The van der Waals surface area contributed by atoms with Gasteiger partial charge in [0.15, 0.2) is 11.0 Å². The van der Waals surface area contributed by atoms with E-state index in [0.29, 0.717) is 23.1 Å². The van der Waals surface area contributed by atoms with Crippen LogP contribution in [0.1, 0.15) is 44.2 Å². The minimum atomic E-state index is -4.76. The van der Waals surface area contributed by atoms with Crippen molar-refractivity contribution in [2.24, 2.45) is 9.98 Å². The molecule has 3 aromatic carbocycles. The molecule has 1 aromatic heterocycles. The number of amidine groups is 1. The summed E-state index contributed by atoms with van der Waals surface area (Å²) in [7, 11) is 1.64. The molecule has 0 radical (unpaired) electrons. The molecular formula is C33H33F3N6O3S. The lowest BCUT2D eigenvalue weighted by Gasteiger charge is -2.37. The standard InChI is InChI=1S/C33H33F3N6O3S/c1-21(2)28-14-13-27(44-4)19-29(28)42-22(3)16-18-46-32(42)39-31(43)37-17-15-23-5-7-24(8-6-23)30-38-20-41(40-30)25-9-11-26(12-10-25)45-33(34,35)36/h5-14,17,19-22H,15-16,18H2,1-4H3. The number of urea groups is 1. The van der Waals surface area contributed by atoms with Crippen LogP contribution in [0, 0.1) is 0 Å². The molecule has 13 heteroatoms. The molecular weight excluding hydrogens is 617 g/mol. The van der Waals surface area contributed by atoms with Crippen LogP contribution in [0.4, 0.5) is 23.7 Å². The highest BCUT2D eigenvalue weighted by molar-refractivity contribution is 8.14. The highest BCUT2D eigenvalue weighted by atomic mass is 32.2. The van der Waals surface area contributed by atoms with Crippen molar-refractivity contribution in [2.75, 3.05) is 17.8 Å². The van der Waals surface area contributed by atoms with Gasteiger partial charge in [0.2, 0.25) is 0 Å². The van der Waals surface area contributed by atoms with E-state index in [9.17, 15) is 18.0 Å². The first-order valence-electron chi connectivity index (χ1n) is 14.6. The van der Waals surface area contributed by atoms with Crippen LogP contribution in [-0.4, -0.2) is 57.4 Å². The minimum absolute atomic E-state index is 0.152. The fourth-order valence-corrected chi connectivity index (χ4v) is 6.13. The molecule has 0 saturated carbocycles. The molecule has 0 N–H and O–H groups in total. The highest BCUT2D eigenvalue weighted by Gasteiger charge is 2.31. The van der Waals surface area contributed by atoms with Gasteiger partial charge in [-0.3, -0.25) is 0 Å². The maximum atomic E-state index is 12.8. The number of hydrogen-bond acceptors (Lipinski definition) is 6. The molecule has 1 saturated heterocycles. The Kier molecular flexibility index (Phi) is 10.1. The van der Waals surface area contributed by atoms with Crippen molar-refractivity contribution in [3.63, 3.8) is 0 Å². The average molecular weight is 651 g/mol. The summed E-state index contributed by atoms with van der Waals surface area (Å²) in [5.41, 5.74) is 4.34. The number of carbonyl (C=O) groups excluding carboxylic acids is 1. The van der Waals surface area contributed by atoms with Gasteiger partial charge in [0.05, 0.1) is 18.5 Å². The van der Waals surface area contributed by atoms with E-state index in [1.165, 1.54) is 35.3 Å². The highest BCUT2D eigenvalue weighted by Crippen LogP contribution is 2.37. The second-order valence-electron chi connectivity index (χ2n) is 10.9. The fourth-order valence-electron chi connectivity index (χ4n) is 4.93. The van der Waals surface area contributed by atoms with E-state index >= 15 is 0 Å². The molecule has 0 bridgehead atoms. The number of amides is 2. The first-order valence-corrected chi connectivity index (χ1v) is 15.6. The van der Waals surface area contributed by atoms with Gasteiger partial charge < -0.3 is 14.4 Å². The Balaban J connectivity index is 1.23. The lowest BCUT2D eigenvalue weighted by atomic mass is 9.99. The van der Waals surface area contributed by atoms with Crippen LogP contribution < -0.4 is 14.4 Å². The third kappa shape index (κ3) is 8.13. The van der Waals surface area contributed by atoms with E-state index in [1.54, 1.807) is 25.1 Å². The van der Waals surface area contributed by atoms with Gasteiger partial charge in [0, 0.05) is 36.1 Å². The van der Waals surface area contributed by atoms with Crippen LogP contribution >= 0.6 is 11.8 Å². The first kappa shape index (κ1) is 32.7. The largest absolute Gasteiger partial charge is 0.573 e. The van der Waals surface area contributed by atoms with E-state index in [2.05, 4.69) is 56.5 Å². The predicted molar refractivity (Wildman–Crippen MR) is 175 cm³/mol. The second kappa shape index (κ2) is 14.2. The van der Waals surface area contributed by atoms with E-state index in [-0.39, 0.29) is 17.7 Å². The maximum absolute atomic E-state index is 12.8. The zero-order valence-corrected chi connectivity index (χ0v) is 26.5. The zero-order valence-electron chi connectivity index (χ0n) is 25.7. The first-order chi connectivity index (χ1) is 22.0. The van der Waals surface area contributed by atoms with Crippen LogP contribution in [0.5, 0.6) is 11.5 Å². The lowest BCUT2D eigenvalue weighted by molar-refractivity contribution is -0.274. The van der Waals surface area contributed by atoms with E-state index in [4.69, 9.17) is 4.74 Å². The molecule has 0 aliphatic carbocycles. The van der Waals surface area contributed by atoms with Gasteiger partial charge in [-0.25, -0.2) is 19.5 Å². The van der Waals surface area contributed by atoms with Crippen LogP contribution in [0.15, 0.2) is 83.0 Å². The third-order valence-corrected chi connectivity index (χ3v) is 8.28. The number of aliphatic imine (C=N–C) groups is 2.